The fraction of sp³-hybridized carbons (Fsp3) is 0.333. The molecule has 0 aliphatic heterocycles. The van der Waals surface area contributed by atoms with E-state index in [1.165, 1.54) is 21.0 Å². The first kappa shape index (κ1) is 21.1. The number of methoxy groups -OCH3 is 1. The van der Waals surface area contributed by atoms with E-state index in [-0.39, 0.29) is 6.61 Å². The predicted octanol–water partition coefficient (Wildman–Crippen LogP) is 3.43. The van der Waals surface area contributed by atoms with E-state index in [1.807, 2.05) is 30.3 Å². The number of nitrogens with zero attached hydrogens (tertiary/aromatic N) is 1. The van der Waals surface area contributed by atoms with Crippen molar-refractivity contribution in [1.82, 2.24) is 0 Å². The van der Waals surface area contributed by atoms with Crippen molar-refractivity contribution in [3.63, 3.8) is 0 Å². The van der Waals surface area contributed by atoms with Gasteiger partial charge in [-0.05, 0) is 37.1 Å². The van der Waals surface area contributed by atoms with E-state index < -0.39 is 34.9 Å². The first-order chi connectivity index (χ1) is 13.3. The summed E-state index contributed by atoms with van der Waals surface area (Å²) < 4.78 is 11.2. The number of hydrogen-bond acceptors (Lipinski definition) is 6. The summed E-state index contributed by atoms with van der Waals surface area (Å²) in [5.74, 6) is -1.91. The van der Waals surface area contributed by atoms with Crippen LogP contribution in [0.2, 0.25) is 0 Å². The molecule has 2 aromatic rings. The molecule has 0 bridgehead atoms. The van der Waals surface area contributed by atoms with Crippen molar-refractivity contribution in [3.8, 4) is 11.5 Å². The predicted molar refractivity (Wildman–Crippen MR) is 103 cm³/mol. The second-order valence-corrected chi connectivity index (χ2v) is 6.51. The smallest absolute Gasteiger partial charge is 0.211 e. The minimum atomic E-state index is -1.08. The number of hydrogen-bond donors (Lipinski definition) is 0. The number of nitro groups is 1. The van der Waals surface area contributed by atoms with Crippen LogP contribution in [0.1, 0.15) is 30.9 Å². The molecule has 0 unspecified atom stereocenters. The van der Waals surface area contributed by atoms with Gasteiger partial charge in [0.1, 0.15) is 18.2 Å². The van der Waals surface area contributed by atoms with Crippen LogP contribution in [0.3, 0.4) is 0 Å². The molecule has 0 aliphatic carbocycles. The molecule has 0 saturated heterocycles. The van der Waals surface area contributed by atoms with Crippen molar-refractivity contribution in [3.05, 3.63) is 69.8 Å². The fourth-order valence-corrected chi connectivity index (χ4v) is 3.19. The lowest BCUT2D eigenvalue weighted by atomic mass is 9.81. The van der Waals surface area contributed by atoms with Gasteiger partial charge < -0.3 is 9.47 Å². The molecule has 0 N–H and O–H groups in total. The number of rotatable bonds is 10. The Bertz CT molecular complexity index is 835. The van der Waals surface area contributed by atoms with Crippen molar-refractivity contribution >= 4 is 11.6 Å². The minimum absolute atomic E-state index is 0.281. The third-order valence-electron chi connectivity index (χ3n) is 4.48. The Morgan fingerprint density at radius 2 is 1.68 bits per heavy atom. The van der Waals surface area contributed by atoms with Crippen LogP contribution in [0.5, 0.6) is 11.5 Å². The van der Waals surface area contributed by atoms with Gasteiger partial charge in [-0.3, -0.25) is 19.7 Å². The molecule has 0 amide bonds. The number of carbonyl (C=O) groups is 2. The second kappa shape index (κ2) is 9.64. The van der Waals surface area contributed by atoms with Gasteiger partial charge in [0.15, 0.2) is 11.5 Å². The molecule has 0 spiro atoms. The highest BCUT2D eigenvalue weighted by Gasteiger charge is 2.35. The number of benzene rings is 2. The average molecular weight is 385 g/mol. The fourth-order valence-electron chi connectivity index (χ4n) is 3.19. The molecule has 28 heavy (non-hydrogen) atoms. The van der Waals surface area contributed by atoms with E-state index in [2.05, 4.69) is 0 Å². The van der Waals surface area contributed by atoms with Crippen LogP contribution < -0.4 is 9.47 Å². The maximum Gasteiger partial charge on any atom is 0.211 e. The summed E-state index contributed by atoms with van der Waals surface area (Å²) in [5, 5.41) is 11.2. The van der Waals surface area contributed by atoms with Crippen molar-refractivity contribution in [2.75, 3.05) is 13.7 Å². The number of ketones is 2. The van der Waals surface area contributed by atoms with E-state index in [0.717, 1.165) is 5.56 Å². The molecule has 0 aliphatic rings. The second-order valence-electron chi connectivity index (χ2n) is 6.51. The Labute approximate surface area is 163 Å². The molecule has 0 saturated carbocycles. The topological polar surface area (TPSA) is 95.7 Å². The maximum atomic E-state index is 12.0. The van der Waals surface area contributed by atoms with Crippen LogP contribution in [0.15, 0.2) is 48.5 Å². The zero-order valence-corrected chi connectivity index (χ0v) is 16.1. The lowest BCUT2D eigenvalue weighted by Gasteiger charge is -2.21. The molecule has 2 aromatic carbocycles. The Balaban J connectivity index is 2.39. The summed E-state index contributed by atoms with van der Waals surface area (Å²) in [6, 6.07) is 14.4. The van der Waals surface area contributed by atoms with Crippen molar-refractivity contribution in [1.29, 1.82) is 0 Å². The highest BCUT2D eigenvalue weighted by atomic mass is 16.6. The zero-order valence-electron chi connectivity index (χ0n) is 16.1. The molecule has 0 aromatic heterocycles. The Morgan fingerprint density at radius 3 is 2.21 bits per heavy atom. The molecule has 0 radical (unpaired) electrons. The molecule has 0 fully saturated rings. The molecule has 0 heterocycles. The van der Waals surface area contributed by atoms with Gasteiger partial charge in [0, 0.05) is 4.92 Å². The summed E-state index contributed by atoms with van der Waals surface area (Å²) in [4.78, 5) is 34.7. The number of carbonyl (C=O) groups excluding carboxylic acids is 2. The van der Waals surface area contributed by atoms with Gasteiger partial charge in [-0.1, -0.05) is 36.4 Å². The van der Waals surface area contributed by atoms with Gasteiger partial charge >= 0.3 is 0 Å². The Kier molecular flexibility index (Phi) is 7.26. The third-order valence-corrected chi connectivity index (χ3v) is 4.48. The molecular weight excluding hydrogens is 362 g/mol. The molecular formula is C21H23NO6. The monoisotopic (exact) mass is 385 g/mol. The summed E-state index contributed by atoms with van der Waals surface area (Å²) >= 11 is 0. The number of Topliss-reactive ketones (excluding diaryl/α,β-unsaturated/α-hetero) is 2. The van der Waals surface area contributed by atoms with Gasteiger partial charge in [0.05, 0.1) is 18.9 Å². The first-order valence-corrected chi connectivity index (χ1v) is 8.80. The van der Waals surface area contributed by atoms with Crippen LogP contribution in [-0.4, -0.2) is 30.1 Å². The Hall–Kier alpha value is -3.22. The molecule has 2 rings (SSSR count). The van der Waals surface area contributed by atoms with Crippen LogP contribution in [0.4, 0.5) is 0 Å². The molecule has 7 heteroatoms. The van der Waals surface area contributed by atoms with Gasteiger partial charge in [0.25, 0.3) is 0 Å². The SMILES string of the molecule is COc1ccc([C@H](C[N+](=O)[O-])C(C(C)=O)C(C)=O)cc1OCc1ccccc1. The summed E-state index contributed by atoms with van der Waals surface area (Å²) in [6.45, 7) is 2.29. The quantitative estimate of drug-likeness (QED) is 0.353. The van der Waals surface area contributed by atoms with Gasteiger partial charge in [-0.15, -0.1) is 0 Å². The lowest BCUT2D eigenvalue weighted by Crippen LogP contribution is -2.31. The van der Waals surface area contributed by atoms with Gasteiger partial charge in [-0.25, -0.2) is 0 Å². The summed E-state index contributed by atoms with van der Waals surface area (Å²) in [5.41, 5.74) is 1.43. The van der Waals surface area contributed by atoms with E-state index in [1.54, 1.807) is 18.2 Å². The van der Waals surface area contributed by atoms with Gasteiger partial charge in [-0.2, -0.15) is 0 Å². The normalized spacial score (nSPS) is 11.7. The van der Waals surface area contributed by atoms with Crippen LogP contribution >= 0.6 is 0 Å². The van der Waals surface area contributed by atoms with Crippen LogP contribution in [0.25, 0.3) is 0 Å². The highest BCUT2D eigenvalue weighted by molar-refractivity contribution is 6.01. The van der Waals surface area contributed by atoms with Crippen LogP contribution in [0, 0.1) is 16.0 Å². The zero-order chi connectivity index (χ0) is 20.7. The van der Waals surface area contributed by atoms with Crippen molar-refractivity contribution in [2.24, 2.45) is 5.92 Å². The largest absolute Gasteiger partial charge is 0.493 e. The maximum absolute atomic E-state index is 12.0. The standard InChI is InChI=1S/C21H23NO6/c1-14(23)21(15(2)24)18(12-22(25)26)17-9-10-19(27-3)20(11-17)28-13-16-7-5-4-6-8-16/h4-11,18,21H,12-13H2,1-3H3/t18-/m0/s1. The third kappa shape index (κ3) is 5.39. The highest BCUT2D eigenvalue weighted by Crippen LogP contribution is 2.35. The molecule has 7 nitrogen and oxygen atoms in total. The van der Waals surface area contributed by atoms with E-state index in [9.17, 15) is 19.7 Å². The summed E-state index contributed by atoms with van der Waals surface area (Å²) in [7, 11) is 1.49. The molecule has 148 valence electrons. The Morgan fingerprint density at radius 1 is 1.04 bits per heavy atom. The molecule has 1 atom stereocenters. The lowest BCUT2D eigenvalue weighted by molar-refractivity contribution is -0.484. The van der Waals surface area contributed by atoms with Crippen molar-refractivity contribution in [2.45, 2.75) is 26.4 Å². The van der Waals surface area contributed by atoms with E-state index in [4.69, 9.17) is 9.47 Å². The average Bonchev–Trinajstić information content (AvgIpc) is 2.65. The van der Waals surface area contributed by atoms with Gasteiger partial charge in [0.2, 0.25) is 6.54 Å². The van der Waals surface area contributed by atoms with E-state index >= 15 is 0 Å². The first-order valence-electron chi connectivity index (χ1n) is 8.80. The van der Waals surface area contributed by atoms with E-state index in [0.29, 0.717) is 17.1 Å². The van der Waals surface area contributed by atoms with Crippen molar-refractivity contribution < 1.29 is 24.0 Å². The number of ether oxygens (including phenoxy) is 2. The minimum Gasteiger partial charge on any atom is -0.493 e. The van der Waals surface area contributed by atoms with Crippen LogP contribution in [-0.2, 0) is 16.2 Å². The summed E-state index contributed by atoms with van der Waals surface area (Å²) in [6.07, 6.45) is 0.